The lowest BCUT2D eigenvalue weighted by atomic mass is 10.0. The number of carbonyl (C=O) groups is 1. The summed E-state index contributed by atoms with van der Waals surface area (Å²) in [6.45, 7) is 3.82. The Hall–Kier alpha value is -3.32. The molecule has 0 aliphatic carbocycles. The van der Waals surface area contributed by atoms with Gasteiger partial charge in [-0.15, -0.1) is 0 Å². The van der Waals surface area contributed by atoms with Crippen molar-refractivity contribution in [3.63, 3.8) is 0 Å². The van der Waals surface area contributed by atoms with Gasteiger partial charge in [-0.25, -0.2) is 9.67 Å². The summed E-state index contributed by atoms with van der Waals surface area (Å²) in [7, 11) is 0. The molecule has 7 heteroatoms. The molecule has 4 aromatic rings. The van der Waals surface area contributed by atoms with Gasteiger partial charge in [0, 0.05) is 11.6 Å². The molecule has 0 bridgehead atoms. The number of amides is 1. The van der Waals surface area contributed by atoms with Crippen molar-refractivity contribution in [2.45, 2.75) is 20.4 Å². The zero-order valence-corrected chi connectivity index (χ0v) is 16.3. The number of para-hydroxylation sites is 1. The molecule has 0 saturated carbocycles. The van der Waals surface area contributed by atoms with Gasteiger partial charge in [0.15, 0.2) is 5.13 Å². The quantitative estimate of drug-likeness (QED) is 0.575. The second-order valence-corrected chi connectivity index (χ2v) is 7.60. The first-order chi connectivity index (χ1) is 13.5. The number of thiazole rings is 1. The lowest BCUT2D eigenvalue weighted by molar-refractivity contribution is -0.117. The van der Waals surface area contributed by atoms with E-state index in [0.717, 1.165) is 26.9 Å². The number of nitrogens with one attached hydrogen (secondary N) is 1. The molecule has 2 heterocycles. The number of aryl methyl sites for hydroxylation is 2. The molecule has 6 nitrogen and oxygen atoms in total. The van der Waals surface area contributed by atoms with Crippen molar-refractivity contribution >= 4 is 32.6 Å². The van der Waals surface area contributed by atoms with Gasteiger partial charge in [0.2, 0.25) is 5.91 Å². The number of aromatic nitrogens is 3. The average Bonchev–Trinajstić information content (AvgIpc) is 3.07. The van der Waals surface area contributed by atoms with Crippen LogP contribution in [0.15, 0.2) is 59.4 Å². The van der Waals surface area contributed by atoms with Gasteiger partial charge in [-0.2, -0.15) is 5.10 Å². The zero-order valence-electron chi connectivity index (χ0n) is 15.5. The highest BCUT2D eigenvalue weighted by Crippen LogP contribution is 2.25. The molecule has 0 fully saturated rings. The van der Waals surface area contributed by atoms with Crippen molar-refractivity contribution in [2.75, 3.05) is 5.32 Å². The Kier molecular flexibility index (Phi) is 4.75. The Morgan fingerprint density at radius 2 is 1.93 bits per heavy atom. The Balaban J connectivity index is 1.58. The van der Waals surface area contributed by atoms with Crippen LogP contribution in [0.3, 0.4) is 0 Å². The summed E-state index contributed by atoms with van der Waals surface area (Å²) in [4.78, 5) is 29.0. The Labute approximate surface area is 165 Å². The highest BCUT2D eigenvalue weighted by Gasteiger charge is 2.12. The number of fused-ring (bicyclic) bond motifs is 1. The van der Waals surface area contributed by atoms with Crippen LogP contribution < -0.4 is 10.9 Å². The van der Waals surface area contributed by atoms with Crippen molar-refractivity contribution in [3.8, 4) is 11.3 Å². The lowest BCUT2D eigenvalue weighted by Crippen LogP contribution is -2.29. The first kappa shape index (κ1) is 18.1. The second-order valence-electron chi connectivity index (χ2n) is 6.57. The van der Waals surface area contributed by atoms with E-state index in [9.17, 15) is 9.59 Å². The third-order valence-electron chi connectivity index (χ3n) is 4.37. The third kappa shape index (κ3) is 3.70. The molecule has 2 aromatic heterocycles. The maximum atomic E-state index is 12.4. The molecule has 1 N–H and O–H groups in total. The minimum absolute atomic E-state index is 0.173. The molecule has 0 aliphatic rings. The zero-order chi connectivity index (χ0) is 19.7. The van der Waals surface area contributed by atoms with Crippen molar-refractivity contribution < 1.29 is 4.79 Å². The van der Waals surface area contributed by atoms with E-state index in [0.29, 0.717) is 10.8 Å². The fourth-order valence-electron chi connectivity index (χ4n) is 2.94. The molecule has 28 heavy (non-hydrogen) atoms. The first-order valence-electron chi connectivity index (χ1n) is 8.81. The van der Waals surface area contributed by atoms with E-state index in [1.165, 1.54) is 22.1 Å². The van der Waals surface area contributed by atoms with E-state index in [4.69, 9.17) is 0 Å². The third-order valence-corrected chi connectivity index (χ3v) is 5.32. The lowest BCUT2D eigenvalue weighted by Gasteiger charge is -2.09. The van der Waals surface area contributed by atoms with Crippen molar-refractivity contribution in [1.29, 1.82) is 0 Å². The normalized spacial score (nSPS) is 10.9. The molecular formula is C21H18N4O2S. The van der Waals surface area contributed by atoms with Gasteiger partial charge in [-0.05, 0) is 43.7 Å². The molecule has 1 amide bonds. The highest BCUT2D eigenvalue weighted by atomic mass is 32.1. The molecule has 2 aromatic carbocycles. The minimum atomic E-state index is -0.341. The number of anilines is 1. The number of benzene rings is 2. The molecule has 0 atom stereocenters. The topological polar surface area (TPSA) is 76.9 Å². The van der Waals surface area contributed by atoms with Gasteiger partial charge in [-0.3, -0.25) is 9.59 Å². The molecule has 0 saturated heterocycles. The van der Waals surface area contributed by atoms with Crippen molar-refractivity contribution in [1.82, 2.24) is 14.8 Å². The largest absolute Gasteiger partial charge is 0.300 e. The van der Waals surface area contributed by atoms with Crippen LogP contribution in [0.5, 0.6) is 0 Å². The first-order valence-corrected chi connectivity index (χ1v) is 9.62. The SMILES string of the molecule is Cc1ccc(C)c(-c2ccc(=O)n(CC(=O)Nc3nc4ccccc4s3)n2)c1. The molecule has 0 unspecified atom stereocenters. The average molecular weight is 390 g/mol. The maximum Gasteiger partial charge on any atom is 0.267 e. The number of hydrogen-bond acceptors (Lipinski definition) is 5. The fraction of sp³-hybridized carbons (Fsp3) is 0.143. The van der Waals surface area contributed by atoms with Gasteiger partial charge in [0.25, 0.3) is 5.56 Å². The van der Waals surface area contributed by atoms with Gasteiger partial charge >= 0.3 is 0 Å². The van der Waals surface area contributed by atoms with E-state index in [1.807, 2.05) is 56.3 Å². The minimum Gasteiger partial charge on any atom is -0.300 e. The van der Waals surface area contributed by atoms with E-state index in [1.54, 1.807) is 6.07 Å². The van der Waals surface area contributed by atoms with E-state index in [2.05, 4.69) is 15.4 Å². The van der Waals surface area contributed by atoms with E-state index >= 15 is 0 Å². The summed E-state index contributed by atoms with van der Waals surface area (Å²) in [5.41, 5.74) is 4.27. The fourth-order valence-corrected chi connectivity index (χ4v) is 3.82. The number of nitrogens with zero attached hydrogens (tertiary/aromatic N) is 3. The van der Waals surface area contributed by atoms with Crippen molar-refractivity contribution in [3.05, 3.63) is 76.1 Å². The molecule has 140 valence electrons. The highest BCUT2D eigenvalue weighted by molar-refractivity contribution is 7.22. The van der Waals surface area contributed by atoms with Gasteiger partial charge in [0.05, 0.1) is 15.9 Å². The summed E-state index contributed by atoms with van der Waals surface area (Å²) in [6.07, 6.45) is 0. The van der Waals surface area contributed by atoms with Crippen LogP contribution in [-0.2, 0) is 11.3 Å². The van der Waals surface area contributed by atoms with Crippen LogP contribution >= 0.6 is 11.3 Å². The number of carbonyl (C=O) groups excluding carboxylic acids is 1. The Morgan fingerprint density at radius 3 is 2.75 bits per heavy atom. The number of hydrogen-bond donors (Lipinski definition) is 1. The monoisotopic (exact) mass is 390 g/mol. The summed E-state index contributed by atoms with van der Waals surface area (Å²) in [5.74, 6) is -0.341. The summed E-state index contributed by atoms with van der Waals surface area (Å²) in [5, 5.41) is 7.66. The van der Waals surface area contributed by atoms with Crippen LogP contribution in [0.2, 0.25) is 0 Å². The summed E-state index contributed by atoms with van der Waals surface area (Å²) >= 11 is 1.39. The van der Waals surface area contributed by atoms with Crippen LogP contribution in [0.4, 0.5) is 5.13 Å². The van der Waals surface area contributed by atoms with Gasteiger partial charge in [0.1, 0.15) is 6.54 Å². The summed E-state index contributed by atoms with van der Waals surface area (Å²) < 4.78 is 2.17. The van der Waals surface area contributed by atoms with Gasteiger partial charge < -0.3 is 5.32 Å². The Bertz CT molecular complexity index is 1210. The van der Waals surface area contributed by atoms with E-state index in [-0.39, 0.29) is 18.0 Å². The van der Waals surface area contributed by atoms with Crippen molar-refractivity contribution in [2.24, 2.45) is 0 Å². The van der Waals surface area contributed by atoms with Crippen LogP contribution in [0.1, 0.15) is 11.1 Å². The van der Waals surface area contributed by atoms with Gasteiger partial charge in [-0.1, -0.05) is 41.2 Å². The Morgan fingerprint density at radius 1 is 1.11 bits per heavy atom. The number of rotatable bonds is 4. The standard InChI is InChI=1S/C21H18N4O2S/c1-13-7-8-14(2)15(11-13)16-9-10-20(27)25(24-16)12-19(26)23-21-22-17-5-3-4-6-18(17)28-21/h3-11H,12H2,1-2H3,(H,22,23,26). The molecule has 0 radical (unpaired) electrons. The predicted molar refractivity (Wildman–Crippen MR) is 112 cm³/mol. The van der Waals surface area contributed by atoms with Crippen LogP contribution in [0, 0.1) is 13.8 Å². The molecule has 0 aliphatic heterocycles. The second kappa shape index (κ2) is 7.36. The molecule has 0 spiro atoms. The van der Waals surface area contributed by atoms with Crippen LogP contribution in [-0.4, -0.2) is 20.7 Å². The molecule has 4 rings (SSSR count). The maximum absolute atomic E-state index is 12.4. The molecular weight excluding hydrogens is 372 g/mol. The summed E-state index contributed by atoms with van der Waals surface area (Å²) in [6, 6.07) is 16.9. The van der Waals surface area contributed by atoms with Crippen LogP contribution in [0.25, 0.3) is 21.5 Å². The smallest absolute Gasteiger partial charge is 0.267 e. The van der Waals surface area contributed by atoms with E-state index < -0.39 is 0 Å². The predicted octanol–water partition coefficient (Wildman–Crippen LogP) is 3.78.